The average Bonchev–Trinajstić information content (AvgIpc) is 2.99. The van der Waals surface area contributed by atoms with Crippen molar-refractivity contribution in [2.75, 3.05) is 20.8 Å². The molecule has 2 aromatic carbocycles. The van der Waals surface area contributed by atoms with Crippen molar-refractivity contribution in [1.82, 2.24) is 5.32 Å². The van der Waals surface area contributed by atoms with Gasteiger partial charge in [-0.1, -0.05) is 24.3 Å². The summed E-state index contributed by atoms with van der Waals surface area (Å²) in [6.45, 7) is 1.12. The zero-order valence-electron chi connectivity index (χ0n) is 12.1. The molecule has 0 aromatic heterocycles. The molecule has 106 valence electrons. The van der Waals surface area contributed by atoms with E-state index in [4.69, 9.17) is 9.47 Å². The summed E-state index contributed by atoms with van der Waals surface area (Å²) in [5, 5.41) is 5.78. The molecule has 1 aliphatic heterocycles. The predicted octanol–water partition coefficient (Wildman–Crippen LogP) is 3.15. The van der Waals surface area contributed by atoms with E-state index >= 15 is 0 Å². The minimum Gasteiger partial charge on any atom is -0.496 e. The molecule has 1 heterocycles. The first-order valence-electron chi connectivity index (χ1n) is 7.19. The summed E-state index contributed by atoms with van der Waals surface area (Å²) in [7, 11) is 3.48. The second kappa shape index (κ2) is 5.71. The van der Waals surface area contributed by atoms with E-state index < -0.39 is 0 Å². The van der Waals surface area contributed by atoms with E-state index in [9.17, 15) is 0 Å². The maximum absolute atomic E-state index is 5.69. The Hall–Kier alpha value is -1.74. The monoisotopic (exact) mass is 271 g/mol. The summed E-state index contributed by atoms with van der Waals surface area (Å²) in [6, 6.07) is 10.9. The van der Waals surface area contributed by atoms with Crippen molar-refractivity contribution in [2.24, 2.45) is 0 Å². The molecule has 1 aliphatic rings. The van der Waals surface area contributed by atoms with Gasteiger partial charge in [0.1, 0.15) is 11.5 Å². The first-order chi connectivity index (χ1) is 9.83. The Morgan fingerprint density at radius 2 is 1.95 bits per heavy atom. The SMILES string of the molecule is COc1cc(CC2CCCN2)c(OC)c2ccccc12. The second-order valence-corrected chi connectivity index (χ2v) is 5.31. The van der Waals surface area contributed by atoms with Gasteiger partial charge in [0.2, 0.25) is 0 Å². The van der Waals surface area contributed by atoms with Gasteiger partial charge in [-0.05, 0) is 37.4 Å². The van der Waals surface area contributed by atoms with E-state index in [1.807, 2.05) is 12.1 Å². The van der Waals surface area contributed by atoms with Crippen molar-refractivity contribution in [3.05, 3.63) is 35.9 Å². The lowest BCUT2D eigenvalue weighted by Gasteiger charge is -2.17. The van der Waals surface area contributed by atoms with Gasteiger partial charge < -0.3 is 14.8 Å². The molecule has 3 heteroatoms. The summed E-state index contributed by atoms with van der Waals surface area (Å²) < 4.78 is 11.2. The van der Waals surface area contributed by atoms with Gasteiger partial charge in [0.25, 0.3) is 0 Å². The van der Waals surface area contributed by atoms with Gasteiger partial charge in [-0.15, -0.1) is 0 Å². The van der Waals surface area contributed by atoms with E-state index in [2.05, 4.69) is 23.5 Å². The van der Waals surface area contributed by atoms with Crippen LogP contribution in [0.25, 0.3) is 10.8 Å². The Bertz CT molecular complexity index is 603. The zero-order chi connectivity index (χ0) is 13.9. The second-order valence-electron chi connectivity index (χ2n) is 5.31. The van der Waals surface area contributed by atoms with Crippen LogP contribution in [-0.4, -0.2) is 26.8 Å². The normalized spacial score (nSPS) is 18.4. The lowest BCUT2D eigenvalue weighted by Crippen LogP contribution is -2.23. The van der Waals surface area contributed by atoms with E-state index in [-0.39, 0.29) is 0 Å². The number of hydrogen-bond donors (Lipinski definition) is 1. The fourth-order valence-electron chi connectivity index (χ4n) is 3.13. The smallest absolute Gasteiger partial charge is 0.130 e. The number of nitrogens with one attached hydrogen (secondary N) is 1. The fourth-order valence-corrected chi connectivity index (χ4v) is 3.13. The zero-order valence-corrected chi connectivity index (χ0v) is 12.1. The highest BCUT2D eigenvalue weighted by Gasteiger charge is 2.19. The van der Waals surface area contributed by atoms with Crippen LogP contribution in [0.5, 0.6) is 11.5 Å². The summed E-state index contributed by atoms with van der Waals surface area (Å²) >= 11 is 0. The van der Waals surface area contributed by atoms with Crippen LogP contribution in [0.3, 0.4) is 0 Å². The minimum absolute atomic E-state index is 0.551. The minimum atomic E-state index is 0.551. The molecule has 20 heavy (non-hydrogen) atoms. The van der Waals surface area contributed by atoms with Crippen LogP contribution < -0.4 is 14.8 Å². The van der Waals surface area contributed by atoms with E-state index in [0.29, 0.717) is 6.04 Å². The molecule has 1 atom stereocenters. The number of fused-ring (bicyclic) bond motifs is 1. The summed E-state index contributed by atoms with van der Waals surface area (Å²) in [6.07, 6.45) is 3.49. The van der Waals surface area contributed by atoms with Crippen molar-refractivity contribution in [3.8, 4) is 11.5 Å². The Labute approximate surface area is 119 Å². The van der Waals surface area contributed by atoms with Crippen LogP contribution in [0.4, 0.5) is 0 Å². The number of methoxy groups -OCH3 is 2. The highest BCUT2D eigenvalue weighted by Crippen LogP contribution is 2.37. The molecule has 3 rings (SSSR count). The van der Waals surface area contributed by atoms with Gasteiger partial charge in [0, 0.05) is 16.8 Å². The van der Waals surface area contributed by atoms with Crippen molar-refractivity contribution in [2.45, 2.75) is 25.3 Å². The quantitative estimate of drug-likeness (QED) is 0.926. The lowest BCUT2D eigenvalue weighted by atomic mass is 9.98. The molecular weight excluding hydrogens is 250 g/mol. The Morgan fingerprint density at radius 1 is 1.15 bits per heavy atom. The first-order valence-corrected chi connectivity index (χ1v) is 7.19. The third-order valence-corrected chi connectivity index (χ3v) is 4.09. The molecule has 1 unspecified atom stereocenters. The van der Waals surface area contributed by atoms with Crippen molar-refractivity contribution >= 4 is 10.8 Å². The van der Waals surface area contributed by atoms with E-state index in [1.54, 1.807) is 14.2 Å². The Morgan fingerprint density at radius 3 is 2.60 bits per heavy atom. The fraction of sp³-hybridized carbons (Fsp3) is 0.412. The number of ether oxygens (including phenoxy) is 2. The van der Waals surface area contributed by atoms with Gasteiger partial charge in [-0.3, -0.25) is 0 Å². The van der Waals surface area contributed by atoms with Crippen LogP contribution in [0, 0.1) is 0 Å². The summed E-state index contributed by atoms with van der Waals surface area (Å²) in [5.74, 6) is 1.91. The third-order valence-electron chi connectivity index (χ3n) is 4.09. The van der Waals surface area contributed by atoms with Crippen LogP contribution in [0.15, 0.2) is 30.3 Å². The van der Waals surface area contributed by atoms with Gasteiger partial charge in [0.05, 0.1) is 14.2 Å². The molecule has 1 saturated heterocycles. The molecule has 1 N–H and O–H groups in total. The molecule has 1 fully saturated rings. The summed E-state index contributed by atoms with van der Waals surface area (Å²) in [5.41, 5.74) is 1.22. The molecule has 0 spiro atoms. The molecular formula is C17H21NO2. The van der Waals surface area contributed by atoms with Crippen molar-refractivity contribution < 1.29 is 9.47 Å². The van der Waals surface area contributed by atoms with Gasteiger partial charge in [0.15, 0.2) is 0 Å². The first kappa shape index (κ1) is 13.3. The maximum Gasteiger partial charge on any atom is 0.130 e. The van der Waals surface area contributed by atoms with Gasteiger partial charge in [-0.25, -0.2) is 0 Å². The van der Waals surface area contributed by atoms with E-state index in [1.165, 1.54) is 18.4 Å². The highest BCUT2D eigenvalue weighted by molar-refractivity contribution is 5.94. The molecule has 0 saturated carbocycles. The lowest BCUT2D eigenvalue weighted by molar-refractivity contribution is 0.403. The van der Waals surface area contributed by atoms with Crippen molar-refractivity contribution in [3.63, 3.8) is 0 Å². The Balaban J connectivity index is 2.09. The molecule has 3 nitrogen and oxygen atoms in total. The van der Waals surface area contributed by atoms with Crippen LogP contribution >= 0.6 is 0 Å². The highest BCUT2D eigenvalue weighted by atomic mass is 16.5. The Kier molecular flexibility index (Phi) is 3.79. The maximum atomic E-state index is 5.69. The molecule has 2 aromatic rings. The standard InChI is InChI=1S/C17H21NO2/c1-19-16-11-12(10-13-6-5-9-18-13)17(20-2)15-8-4-3-7-14(15)16/h3-4,7-8,11,13,18H,5-6,9-10H2,1-2H3. The largest absolute Gasteiger partial charge is 0.496 e. The number of benzene rings is 2. The van der Waals surface area contributed by atoms with Crippen LogP contribution in [-0.2, 0) is 6.42 Å². The molecule has 0 bridgehead atoms. The number of hydrogen-bond acceptors (Lipinski definition) is 3. The molecule has 0 amide bonds. The summed E-state index contributed by atoms with van der Waals surface area (Å²) in [4.78, 5) is 0. The van der Waals surface area contributed by atoms with Gasteiger partial charge >= 0.3 is 0 Å². The van der Waals surface area contributed by atoms with E-state index in [0.717, 1.165) is 35.2 Å². The third kappa shape index (κ3) is 2.34. The number of rotatable bonds is 4. The average molecular weight is 271 g/mol. The van der Waals surface area contributed by atoms with Crippen LogP contribution in [0.2, 0.25) is 0 Å². The predicted molar refractivity (Wildman–Crippen MR) is 81.8 cm³/mol. The van der Waals surface area contributed by atoms with Crippen LogP contribution in [0.1, 0.15) is 18.4 Å². The molecule has 0 radical (unpaired) electrons. The van der Waals surface area contributed by atoms with Crippen molar-refractivity contribution in [1.29, 1.82) is 0 Å². The topological polar surface area (TPSA) is 30.5 Å². The molecule has 0 aliphatic carbocycles. The van der Waals surface area contributed by atoms with Gasteiger partial charge in [-0.2, -0.15) is 0 Å².